The molecule has 1 fully saturated rings. The summed E-state index contributed by atoms with van der Waals surface area (Å²) in [6, 6.07) is 14.4. The van der Waals surface area contributed by atoms with Crippen LogP contribution in [0, 0.1) is 0 Å². The predicted molar refractivity (Wildman–Crippen MR) is 115 cm³/mol. The second-order valence-corrected chi connectivity index (χ2v) is 7.53. The normalized spacial score (nSPS) is 17.1. The summed E-state index contributed by atoms with van der Waals surface area (Å²) >= 11 is 1.25. The average molecular weight is 413 g/mol. The molecule has 1 atom stereocenters. The Morgan fingerprint density at radius 2 is 2.00 bits per heavy atom. The molecule has 0 unspecified atom stereocenters. The molecule has 29 heavy (non-hydrogen) atoms. The molecule has 0 bridgehead atoms. The Morgan fingerprint density at radius 3 is 2.72 bits per heavy atom. The van der Waals surface area contributed by atoms with Gasteiger partial charge in [-0.2, -0.15) is 0 Å². The molecule has 7 nitrogen and oxygen atoms in total. The summed E-state index contributed by atoms with van der Waals surface area (Å²) in [5.74, 6) is 0.981. The highest BCUT2D eigenvalue weighted by Gasteiger charge is 2.32. The van der Waals surface area contributed by atoms with Crippen LogP contribution >= 0.6 is 11.8 Å². The SMILES string of the molecule is CCCOc1ccc(NC(=O)C[C@H]2SC(=Nc3cccc(OC)c3)NC2=O)cc1. The van der Waals surface area contributed by atoms with Crippen molar-refractivity contribution >= 4 is 40.1 Å². The maximum absolute atomic E-state index is 12.3. The molecule has 2 aromatic carbocycles. The average Bonchev–Trinajstić information content (AvgIpc) is 3.06. The van der Waals surface area contributed by atoms with E-state index in [0.29, 0.717) is 28.9 Å². The summed E-state index contributed by atoms with van der Waals surface area (Å²) in [6.45, 7) is 2.69. The molecular weight excluding hydrogens is 390 g/mol. The van der Waals surface area contributed by atoms with Crippen molar-refractivity contribution in [1.29, 1.82) is 0 Å². The lowest BCUT2D eigenvalue weighted by Crippen LogP contribution is -2.28. The number of amides is 2. The van der Waals surface area contributed by atoms with E-state index in [0.717, 1.165) is 12.2 Å². The van der Waals surface area contributed by atoms with E-state index in [1.807, 2.05) is 25.1 Å². The maximum atomic E-state index is 12.3. The lowest BCUT2D eigenvalue weighted by Gasteiger charge is -2.09. The van der Waals surface area contributed by atoms with Gasteiger partial charge in [-0.05, 0) is 42.8 Å². The van der Waals surface area contributed by atoms with Gasteiger partial charge < -0.3 is 20.1 Å². The second kappa shape index (κ2) is 9.97. The van der Waals surface area contributed by atoms with Crippen molar-refractivity contribution in [3.8, 4) is 11.5 Å². The van der Waals surface area contributed by atoms with Crippen LogP contribution in [0.4, 0.5) is 11.4 Å². The Labute approximate surface area is 173 Å². The third kappa shape index (κ3) is 5.99. The number of nitrogens with zero attached hydrogens (tertiary/aromatic N) is 1. The predicted octanol–water partition coefficient (Wildman–Crippen LogP) is 3.73. The first-order valence-electron chi connectivity index (χ1n) is 9.30. The molecule has 1 heterocycles. The number of aliphatic imine (C=N–C) groups is 1. The molecular formula is C21H23N3O4S. The van der Waals surface area contributed by atoms with E-state index in [-0.39, 0.29) is 18.2 Å². The minimum Gasteiger partial charge on any atom is -0.497 e. The van der Waals surface area contributed by atoms with Gasteiger partial charge in [0.25, 0.3) is 0 Å². The van der Waals surface area contributed by atoms with Crippen molar-refractivity contribution < 1.29 is 19.1 Å². The van der Waals surface area contributed by atoms with Crippen LogP contribution in [-0.2, 0) is 9.59 Å². The van der Waals surface area contributed by atoms with Crippen molar-refractivity contribution in [2.75, 3.05) is 19.0 Å². The molecule has 2 amide bonds. The Balaban J connectivity index is 1.55. The van der Waals surface area contributed by atoms with Gasteiger partial charge in [0.2, 0.25) is 11.8 Å². The van der Waals surface area contributed by atoms with Crippen LogP contribution in [-0.4, -0.2) is 35.9 Å². The lowest BCUT2D eigenvalue weighted by molar-refractivity contribution is -0.122. The molecule has 2 aromatic rings. The molecule has 1 aliphatic rings. The first kappa shape index (κ1) is 20.7. The van der Waals surface area contributed by atoms with Gasteiger partial charge in [-0.3, -0.25) is 9.59 Å². The summed E-state index contributed by atoms with van der Waals surface area (Å²) < 4.78 is 10.7. The molecule has 3 rings (SSSR count). The van der Waals surface area contributed by atoms with Crippen LogP contribution < -0.4 is 20.1 Å². The summed E-state index contributed by atoms with van der Waals surface area (Å²) in [5, 5.41) is 5.48. The van der Waals surface area contributed by atoms with Crippen LogP contribution in [0.3, 0.4) is 0 Å². The van der Waals surface area contributed by atoms with Crippen molar-refractivity contribution in [3.63, 3.8) is 0 Å². The highest BCUT2D eigenvalue weighted by atomic mass is 32.2. The van der Waals surface area contributed by atoms with E-state index >= 15 is 0 Å². The zero-order valence-electron chi connectivity index (χ0n) is 16.3. The van der Waals surface area contributed by atoms with E-state index in [9.17, 15) is 9.59 Å². The first-order chi connectivity index (χ1) is 14.1. The maximum Gasteiger partial charge on any atom is 0.240 e. The van der Waals surface area contributed by atoms with Gasteiger partial charge in [0.1, 0.15) is 16.7 Å². The van der Waals surface area contributed by atoms with Crippen LogP contribution in [0.1, 0.15) is 19.8 Å². The molecule has 152 valence electrons. The monoisotopic (exact) mass is 413 g/mol. The fraction of sp³-hybridized carbons (Fsp3) is 0.286. The van der Waals surface area contributed by atoms with E-state index in [2.05, 4.69) is 15.6 Å². The summed E-state index contributed by atoms with van der Waals surface area (Å²) in [4.78, 5) is 28.9. The number of carbonyl (C=O) groups excluding carboxylic acids is 2. The van der Waals surface area contributed by atoms with Crippen LogP contribution in [0.2, 0.25) is 0 Å². The standard InChI is InChI=1S/C21H23N3O4S/c1-3-11-28-16-9-7-14(8-10-16)22-19(25)13-18-20(26)24-21(29-18)23-15-5-4-6-17(12-15)27-2/h4-10,12,18H,3,11,13H2,1-2H3,(H,22,25)(H,23,24,26)/t18-/m1/s1. The van der Waals surface area contributed by atoms with E-state index in [1.165, 1.54) is 11.8 Å². The smallest absolute Gasteiger partial charge is 0.240 e. The number of ether oxygens (including phenoxy) is 2. The number of amidine groups is 1. The molecule has 1 aliphatic heterocycles. The van der Waals surface area contributed by atoms with Crippen LogP contribution in [0.15, 0.2) is 53.5 Å². The number of nitrogens with one attached hydrogen (secondary N) is 2. The molecule has 8 heteroatoms. The Morgan fingerprint density at radius 1 is 1.21 bits per heavy atom. The van der Waals surface area contributed by atoms with Gasteiger partial charge in [0.05, 0.1) is 19.4 Å². The highest BCUT2D eigenvalue weighted by molar-refractivity contribution is 8.15. The summed E-state index contributed by atoms with van der Waals surface area (Å²) in [6.07, 6.45) is 0.991. The van der Waals surface area contributed by atoms with E-state index < -0.39 is 5.25 Å². The van der Waals surface area contributed by atoms with Crippen molar-refractivity contribution in [2.24, 2.45) is 4.99 Å². The number of methoxy groups -OCH3 is 1. The fourth-order valence-corrected chi connectivity index (χ4v) is 3.61. The number of carbonyl (C=O) groups is 2. The number of hydrogen-bond acceptors (Lipinski definition) is 6. The fourth-order valence-electron chi connectivity index (χ4n) is 2.62. The Kier molecular flexibility index (Phi) is 7.13. The molecule has 0 aromatic heterocycles. The van der Waals surface area contributed by atoms with Crippen molar-refractivity contribution in [2.45, 2.75) is 25.0 Å². The largest absolute Gasteiger partial charge is 0.497 e. The van der Waals surface area contributed by atoms with E-state index in [1.54, 1.807) is 37.4 Å². The molecule has 0 spiro atoms. The topological polar surface area (TPSA) is 89.0 Å². The Hall–Kier alpha value is -3.00. The first-order valence-corrected chi connectivity index (χ1v) is 10.2. The number of anilines is 1. The van der Waals surface area contributed by atoms with Crippen molar-refractivity contribution in [1.82, 2.24) is 5.32 Å². The molecule has 0 radical (unpaired) electrons. The van der Waals surface area contributed by atoms with Gasteiger partial charge >= 0.3 is 0 Å². The number of rotatable bonds is 8. The number of thioether (sulfide) groups is 1. The lowest BCUT2D eigenvalue weighted by atomic mass is 10.2. The van der Waals surface area contributed by atoms with Crippen LogP contribution in [0.25, 0.3) is 0 Å². The molecule has 0 aliphatic carbocycles. The zero-order chi connectivity index (χ0) is 20.6. The van der Waals surface area contributed by atoms with Gasteiger partial charge in [-0.1, -0.05) is 24.8 Å². The molecule has 2 N–H and O–H groups in total. The number of benzene rings is 2. The summed E-state index contributed by atoms with van der Waals surface area (Å²) in [5.41, 5.74) is 1.33. The van der Waals surface area contributed by atoms with Gasteiger partial charge in [-0.15, -0.1) is 0 Å². The Bertz CT molecular complexity index is 899. The third-order valence-corrected chi connectivity index (χ3v) is 5.12. The highest BCUT2D eigenvalue weighted by Crippen LogP contribution is 2.27. The van der Waals surface area contributed by atoms with Crippen molar-refractivity contribution in [3.05, 3.63) is 48.5 Å². The molecule has 1 saturated heterocycles. The minimum atomic E-state index is -0.522. The zero-order valence-corrected chi connectivity index (χ0v) is 17.1. The second-order valence-electron chi connectivity index (χ2n) is 6.34. The van der Waals surface area contributed by atoms with Gasteiger partial charge in [-0.25, -0.2) is 4.99 Å². The number of hydrogen-bond donors (Lipinski definition) is 2. The molecule has 0 saturated carbocycles. The minimum absolute atomic E-state index is 0.0573. The summed E-state index contributed by atoms with van der Waals surface area (Å²) in [7, 11) is 1.58. The quantitative estimate of drug-likeness (QED) is 0.688. The van der Waals surface area contributed by atoms with Gasteiger partial charge in [0.15, 0.2) is 5.17 Å². The van der Waals surface area contributed by atoms with E-state index in [4.69, 9.17) is 9.47 Å². The van der Waals surface area contributed by atoms with Crippen LogP contribution in [0.5, 0.6) is 11.5 Å². The van der Waals surface area contributed by atoms with Gasteiger partial charge in [0, 0.05) is 18.2 Å². The third-order valence-electron chi connectivity index (χ3n) is 4.04.